The third-order valence-corrected chi connectivity index (χ3v) is 4.64. The van der Waals surface area contributed by atoms with Crippen LogP contribution in [0.3, 0.4) is 0 Å². The van der Waals surface area contributed by atoms with Crippen LogP contribution >= 0.6 is 15.9 Å². The Bertz CT molecular complexity index is 630. The van der Waals surface area contributed by atoms with Gasteiger partial charge in [-0.15, -0.1) is 0 Å². The Morgan fingerprint density at radius 3 is 2.23 bits per heavy atom. The summed E-state index contributed by atoms with van der Waals surface area (Å²) in [4.78, 5) is 4.04. The molecule has 0 aliphatic heterocycles. The van der Waals surface area contributed by atoms with Crippen LogP contribution in [0, 0.1) is 0 Å². The van der Waals surface area contributed by atoms with Crippen molar-refractivity contribution in [2.75, 3.05) is 0 Å². The van der Waals surface area contributed by atoms with Crippen LogP contribution in [-0.2, 0) is 6.18 Å². The molecule has 0 fully saturated rings. The van der Waals surface area contributed by atoms with E-state index in [-0.39, 0.29) is 10.9 Å². The Balaban J connectivity index is 2.45. The van der Waals surface area contributed by atoms with Crippen molar-refractivity contribution in [3.63, 3.8) is 0 Å². The predicted molar refractivity (Wildman–Crippen MR) is 85.0 cm³/mol. The third kappa shape index (κ3) is 3.54. The van der Waals surface area contributed by atoms with Crippen molar-refractivity contribution in [3.8, 4) is 11.4 Å². The van der Waals surface area contributed by atoms with Crippen molar-refractivity contribution in [1.82, 2.24) is 9.55 Å². The van der Waals surface area contributed by atoms with Crippen LogP contribution in [0.1, 0.15) is 49.3 Å². The molecule has 22 heavy (non-hydrogen) atoms. The fourth-order valence-corrected chi connectivity index (χ4v) is 2.52. The van der Waals surface area contributed by atoms with E-state index < -0.39 is 11.9 Å². The van der Waals surface area contributed by atoms with Crippen molar-refractivity contribution in [2.24, 2.45) is 0 Å². The minimum absolute atomic E-state index is 0.0992. The highest BCUT2D eigenvalue weighted by atomic mass is 79.9. The summed E-state index contributed by atoms with van der Waals surface area (Å²) in [5.74, 6) is 0.344. The lowest BCUT2D eigenvalue weighted by molar-refractivity contribution is -0.140. The van der Waals surface area contributed by atoms with Crippen molar-refractivity contribution >= 4 is 15.9 Å². The number of imidazole rings is 1. The van der Waals surface area contributed by atoms with Crippen LogP contribution in [0.25, 0.3) is 11.4 Å². The molecule has 2 aromatic rings. The van der Waals surface area contributed by atoms with Gasteiger partial charge in [-0.2, -0.15) is 13.2 Å². The van der Waals surface area contributed by atoms with Gasteiger partial charge in [0.05, 0.1) is 0 Å². The fraction of sp³-hybridized carbons (Fsp3) is 0.438. The zero-order valence-electron chi connectivity index (χ0n) is 12.7. The number of halogens is 4. The van der Waals surface area contributed by atoms with E-state index in [4.69, 9.17) is 0 Å². The predicted octanol–water partition coefficient (Wildman–Crippen LogP) is 6.00. The highest BCUT2D eigenvalue weighted by molar-refractivity contribution is 9.09. The van der Waals surface area contributed by atoms with E-state index >= 15 is 0 Å². The molecule has 0 aliphatic carbocycles. The van der Waals surface area contributed by atoms with Crippen LogP contribution in [0.15, 0.2) is 30.5 Å². The summed E-state index contributed by atoms with van der Waals surface area (Å²) in [5.41, 5.74) is 0.931. The van der Waals surface area contributed by atoms with Gasteiger partial charge in [0.1, 0.15) is 5.82 Å². The van der Waals surface area contributed by atoms with Gasteiger partial charge in [0.2, 0.25) is 0 Å². The maximum Gasteiger partial charge on any atom is 0.434 e. The monoisotopic (exact) mass is 374 g/mol. The molecule has 1 aromatic heterocycles. The Morgan fingerprint density at radius 1 is 1.18 bits per heavy atom. The molecule has 0 aliphatic rings. The van der Waals surface area contributed by atoms with Crippen LogP contribution in [0.2, 0.25) is 0 Å². The largest absolute Gasteiger partial charge is 0.434 e. The third-order valence-electron chi connectivity index (χ3n) is 3.47. The molecule has 0 radical (unpaired) electrons. The molecule has 0 amide bonds. The molecule has 2 rings (SSSR count). The Kier molecular flexibility index (Phi) is 5.00. The van der Waals surface area contributed by atoms with Crippen molar-refractivity contribution in [2.45, 2.75) is 44.2 Å². The molecule has 0 saturated heterocycles. The van der Waals surface area contributed by atoms with Crippen molar-refractivity contribution in [3.05, 3.63) is 41.7 Å². The molecule has 0 saturated carbocycles. The molecule has 0 N–H and O–H groups in total. The molecule has 1 aromatic carbocycles. The van der Waals surface area contributed by atoms with Crippen LogP contribution in [0.5, 0.6) is 0 Å². The van der Waals surface area contributed by atoms with Gasteiger partial charge >= 0.3 is 6.18 Å². The van der Waals surface area contributed by atoms with Gasteiger partial charge in [0, 0.05) is 22.6 Å². The molecule has 0 spiro atoms. The van der Waals surface area contributed by atoms with E-state index in [9.17, 15) is 13.2 Å². The van der Waals surface area contributed by atoms with E-state index in [1.165, 1.54) is 0 Å². The number of hydrogen-bond donors (Lipinski definition) is 0. The quantitative estimate of drug-likeness (QED) is 0.600. The number of hydrogen-bond acceptors (Lipinski definition) is 1. The van der Waals surface area contributed by atoms with Gasteiger partial charge in [-0.3, -0.25) is 0 Å². The molecule has 120 valence electrons. The Morgan fingerprint density at radius 2 is 1.77 bits per heavy atom. The summed E-state index contributed by atoms with van der Waals surface area (Å²) in [5, 5.41) is 0. The molecule has 1 atom stereocenters. The van der Waals surface area contributed by atoms with E-state index in [2.05, 4.69) is 27.8 Å². The van der Waals surface area contributed by atoms with Gasteiger partial charge < -0.3 is 4.57 Å². The van der Waals surface area contributed by atoms with Crippen molar-refractivity contribution < 1.29 is 13.2 Å². The Labute approximate surface area is 136 Å². The zero-order valence-corrected chi connectivity index (χ0v) is 14.2. The normalized spacial score (nSPS) is 13.6. The van der Waals surface area contributed by atoms with Crippen LogP contribution < -0.4 is 0 Å². The van der Waals surface area contributed by atoms with E-state index in [1.807, 2.05) is 38.1 Å². The SMILES string of the molecule is CCC(Br)c1ccc(-c2nc(C(F)(F)F)cn2C(C)C)cc1. The number of aromatic nitrogens is 2. The molecule has 2 nitrogen and oxygen atoms in total. The van der Waals surface area contributed by atoms with E-state index in [1.54, 1.807) is 4.57 Å². The first-order valence-electron chi connectivity index (χ1n) is 7.14. The summed E-state index contributed by atoms with van der Waals surface area (Å²) < 4.78 is 40.2. The average molecular weight is 375 g/mol. The lowest BCUT2D eigenvalue weighted by Gasteiger charge is -2.12. The first-order chi connectivity index (χ1) is 10.2. The van der Waals surface area contributed by atoms with Gasteiger partial charge in [0.15, 0.2) is 5.69 Å². The van der Waals surface area contributed by atoms with Gasteiger partial charge in [-0.05, 0) is 25.8 Å². The molecule has 1 unspecified atom stereocenters. The Hall–Kier alpha value is -1.30. The smallest absolute Gasteiger partial charge is 0.328 e. The first-order valence-corrected chi connectivity index (χ1v) is 8.06. The first kappa shape index (κ1) is 17.1. The molecular weight excluding hydrogens is 357 g/mol. The second-order valence-corrected chi connectivity index (χ2v) is 6.55. The molecule has 6 heteroatoms. The van der Waals surface area contributed by atoms with E-state index in [0.717, 1.165) is 18.2 Å². The maximum absolute atomic E-state index is 12.9. The second kappa shape index (κ2) is 6.44. The lowest BCUT2D eigenvalue weighted by Crippen LogP contribution is -2.05. The number of rotatable bonds is 4. The van der Waals surface area contributed by atoms with E-state index in [0.29, 0.717) is 11.4 Å². The minimum atomic E-state index is -4.43. The summed E-state index contributed by atoms with van der Waals surface area (Å²) in [7, 11) is 0. The standard InChI is InChI=1S/C16H18BrF3N2/c1-4-13(17)11-5-7-12(8-6-11)15-21-14(16(18,19)20)9-22(15)10(2)3/h5-10,13H,4H2,1-3H3. The van der Waals surface area contributed by atoms with Crippen LogP contribution in [-0.4, -0.2) is 9.55 Å². The number of alkyl halides is 4. The minimum Gasteiger partial charge on any atom is -0.328 e. The van der Waals surface area contributed by atoms with Gasteiger partial charge in [-0.25, -0.2) is 4.98 Å². The maximum atomic E-state index is 12.9. The molecule has 1 heterocycles. The van der Waals surface area contributed by atoms with Crippen molar-refractivity contribution in [1.29, 1.82) is 0 Å². The topological polar surface area (TPSA) is 17.8 Å². The summed E-state index contributed by atoms with van der Waals surface area (Å²) in [6, 6.07) is 7.38. The number of nitrogens with zero attached hydrogens (tertiary/aromatic N) is 2. The molecule has 0 bridgehead atoms. The molecular formula is C16H18BrF3N2. The highest BCUT2D eigenvalue weighted by Crippen LogP contribution is 2.33. The fourth-order valence-electron chi connectivity index (χ4n) is 2.21. The summed E-state index contributed by atoms with van der Waals surface area (Å²) in [6.07, 6.45) is -2.41. The lowest BCUT2D eigenvalue weighted by atomic mass is 10.1. The van der Waals surface area contributed by atoms with Gasteiger partial charge in [0.25, 0.3) is 0 Å². The average Bonchev–Trinajstić information content (AvgIpc) is 2.92. The number of benzene rings is 1. The summed E-state index contributed by atoms with van der Waals surface area (Å²) >= 11 is 3.56. The highest BCUT2D eigenvalue weighted by Gasteiger charge is 2.35. The zero-order chi connectivity index (χ0) is 16.5. The van der Waals surface area contributed by atoms with Gasteiger partial charge in [-0.1, -0.05) is 47.1 Å². The van der Waals surface area contributed by atoms with Crippen LogP contribution in [0.4, 0.5) is 13.2 Å². The second-order valence-electron chi connectivity index (χ2n) is 5.45. The summed E-state index contributed by atoms with van der Waals surface area (Å²) in [6.45, 7) is 5.74.